The summed E-state index contributed by atoms with van der Waals surface area (Å²) in [6.45, 7) is 3.02. The van der Waals surface area contributed by atoms with Gasteiger partial charge in [0.25, 0.3) is 5.56 Å². The summed E-state index contributed by atoms with van der Waals surface area (Å²) in [5.41, 5.74) is 4.48. The summed E-state index contributed by atoms with van der Waals surface area (Å²) in [5, 5.41) is 0. The van der Waals surface area contributed by atoms with Gasteiger partial charge in [-0.2, -0.15) is 0 Å². The van der Waals surface area contributed by atoms with Crippen LogP contribution in [0.5, 0.6) is 0 Å². The highest BCUT2D eigenvalue weighted by Crippen LogP contribution is 2.21. The van der Waals surface area contributed by atoms with Gasteiger partial charge in [-0.1, -0.05) is 6.92 Å². The van der Waals surface area contributed by atoms with Crippen molar-refractivity contribution in [2.45, 2.75) is 26.4 Å². The molecule has 0 aliphatic heterocycles. The summed E-state index contributed by atoms with van der Waals surface area (Å²) in [6, 6.07) is 3.95. The number of nitrogen functional groups attached to an aromatic ring is 1. The van der Waals surface area contributed by atoms with Gasteiger partial charge in [0.1, 0.15) is 24.5 Å². The lowest BCUT2D eigenvalue weighted by Gasteiger charge is -2.14. The first-order chi connectivity index (χ1) is 11.3. The van der Waals surface area contributed by atoms with E-state index in [1.807, 2.05) is 26.1 Å². The van der Waals surface area contributed by atoms with Crippen molar-refractivity contribution in [1.82, 2.24) is 9.55 Å². The first-order valence-electron chi connectivity index (χ1n) is 7.54. The van der Waals surface area contributed by atoms with Crippen LogP contribution in [0.2, 0.25) is 0 Å². The van der Waals surface area contributed by atoms with E-state index in [0.29, 0.717) is 19.5 Å². The number of thiophene rings is 1. The lowest BCUT2D eigenvalue weighted by molar-refractivity contribution is -0.884. The van der Waals surface area contributed by atoms with E-state index in [1.54, 1.807) is 11.3 Å². The molecule has 1 atom stereocenters. The number of Topliss-reactive ketones (excluding diaryl/α,β-unsaturated/α-hetero) is 1. The minimum atomic E-state index is -0.721. The largest absolute Gasteiger partial charge is 0.384 e. The number of carbonyl (C=O) groups excluding carboxylic acids is 1. The minimum Gasteiger partial charge on any atom is -0.384 e. The van der Waals surface area contributed by atoms with Gasteiger partial charge >= 0.3 is 5.69 Å². The molecule has 7 nitrogen and oxygen atoms in total. The maximum absolute atomic E-state index is 12.5. The predicted molar refractivity (Wildman–Crippen MR) is 97.8 cm³/mol. The van der Waals surface area contributed by atoms with Crippen LogP contribution >= 0.6 is 27.3 Å². The lowest BCUT2D eigenvalue weighted by Crippen LogP contribution is -3.08. The number of H-pyrrole nitrogens is 1. The van der Waals surface area contributed by atoms with Crippen LogP contribution < -0.4 is 21.9 Å². The molecule has 2 rings (SSSR count). The van der Waals surface area contributed by atoms with E-state index in [9.17, 15) is 14.4 Å². The molecule has 0 radical (unpaired) electrons. The summed E-state index contributed by atoms with van der Waals surface area (Å²) >= 11 is 5.01. The van der Waals surface area contributed by atoms with Crippen molar-refractivity contribution in [2.75, 3.05) is 19.3 Å². The fourth-order valence-electron chi connectivity index (χ4n) is 2.47. The molecule has 0 aromatic carbocycles. The number of likely N-dealkylation sites (N-methyl/N-ethyl adjacent to an activating group) is 1. The Kier molecular flexibility index (Phi) is 6.14. The van der Waals surface area contributed by atoms with E-state index >= 15 is 0 Å². The normalized spacial score (nSPS) is 12.3. The van der Waals surface area contributed by atoms with Gasteiger partial charge in [0, 0.05) is 6.54 Å². The van der Waals surface area contributed by atoms with Crippen molar-refractivity contribution in [1.29, 1.82) is 0 Å². The molecule has 0 aliphatic rings. The Hall–Kier alpha value is -1.71. The van der Waals surface area contributed by atoms with Gasteiger partial charge < -0.3 is 10.6 Å². The average molecular weight is 416 g/mol. The van der Waals surface area contributed by atoms with Gasteiger partial charge in [-0.3, -0.25) is 19.1 Å². The van der Waals surface area contributed by atoms with Crippen LogP contribution in [0.15, 0.2) is 25.5 Å². The third kappa shape index (κ3) is 4.22. The molecule has 0 saturated heterocycles. The van der Waals surface area contributed by atoms with Gasteiger partial charge in [-0.05, 0) is 34.5 Å². The number of anilines is 1. The van der Waals surface area contributed by atoms with Crippen LogP contribution in [-0.4, -0.2) is 28.9 Å². The highest BCUT2D eigenvalue weighted by molar-refractivity contribution is 9.11. The molecule has 130 valence electrons. The summed E-state index contributed by atoms with van der Waals surface area (Å²) in [4.78, 5) is 40.6. The summed E-state index contributed by atoms with van der Waals surface area (Å²) in [7, 11) is 1.87. The Labute approximate surface area is 151 Å². The van der Waals surface area contributed by atoms with Gasteiger partial charge in [0.15, 0.2) is 0 Å². The second-order valence-corrected chi connectivity index (χ2v) is 8.16. The molecular formula is C15H20BrN4O3S+. The molecule has 0 aliphatic carbocycles. The number of carbonyl (C=O) groups is 1. The van der Waals surface area contributed by atoms with E-state index in [2.05, 4.69) is 20.9 Å². The third-order valence-corrected chi connectivity index (χ3v) is 5.16. The molecule has 2 aromatic rings. The van der Waals surface area contributed by atoms with Crippen LogP contribution in [0.3, 0.4) is 0 Å². The zero-order valence-electron chi connectivity index (χ0n) is 13.5. The number of ketones is 1. The van der Waals surface area contributed by atoms with Gasteiger partial charge in [0.2, 0.25) is 5.78 Å². The molecule has 1 unspecified atom stereocenters. The molecule has 2 aromatic heterocycles. The van der Waals surface area contributed by atoms with Crippen LogP contribution in [0.1, 0.15) is 28.6 Å². The zero-order chi connectivity index (χ0) is 17.9. The molecular weight excluding hydrogens is 396 g/mol. The number of nitrogens with two attached hydrogens (primary N) is 1. The second-order valence-electron chi connectivity index (χ2n) is 5.61. The van der Waals surface area contributed by atoms with Gasteiger partial charge in [-0.15, -0.1) is 11.3 Å². The Morgan fingerprint density at radius 3 is 2.71 bits per heavy atom. The summed E-state index contributed by atoms with van der Waals surface area (Å²) < 4.78 is 2.27. The van der Waals surface area contributed by atoms with E-state index in [0.717, 1.165) is 13.6 Å². The third-order valence-electron chi connectivity index (χ3n) is 3.53. The van der Waals surface area contributed by atoms with E-state index in [1.165, 1.54) is 4.57 Å². The number of halogens is 1. The van der Waals surface area contributed by atoms with Crippen LogP contribution in [-0.2, 0) is 13.1 Å². The quantitative estimate of drug-likeness (QED) is 0.563. The van der Waals surface area contributed by atoms with Crippen molar-refractivity contribution in [2.24, 2.45) is 0 Å². The van der Waals surface area contributed by atoms with Crippen molar-refractivity contribution in [3.63, 3.8) is 0 Å². The van der Waals surface area contributed by atoms with Gasteiger partial charge in [0.05, 0.1) is 15.7 Å². The van der Waals surface area contributed by atoms with Crippen molar-refractivity contribution in [3.05, 3.63) is 47.2 Å². The van der Waals surface area contributed by atoms with Crippen molar-refractivity contribution >= 4 is 38.9 Å². The number of quaternary nitrogens is 1. The molecule has 0 bridgehead atoms. The SMILES string of the molecule is CCCn1c(N)c(C(=O)C[NH+](C)Cc2ccc(Br)s2)c(=O)[nH]c1=O. The maximum Gasteiger partial charge on any atom is 0.329 e. The highest BCUT2D eigenvalue weighted by atomic mass is 79.9. The molecule has 0 fully saturated rings. The summed E-state index contributed by atoms with van der Waals surface area (Å²) in [6.07, 6.45) is 0.669. The maximum atomic E-state index is 12.5. The monoisotopic (exact) mass is 415 g/mol. The Balaban J connectivity index is 2.21. The molecule has 0 saturated carbocycles. The smallest absolute Gasteiger partial charge is 0.329 e. The molecule has 2 heterocycles. The molecule has 24 heavy (non-hydrogen) atoms. The van der Waals surface area contributed by atoms with Crippen LogP contribution in [0.4, 0.5) is 5.82 Å². The number of nitrogens with zero attached hydrogens (tertiary/aromatic N) is 1. The highest BCUT2D eigenvalue weighted by Gasteiger charge is 2.22. The Bertz CT molecular complexity index is 855. The van der Waals surface area contributed by atoms with E-state index in [-0.39, 0.29) is 23.7 Å². The minimum absolute atomic E-state index is 0.0535. The fraction of sp³-hybridized carbons (Fsp3) is 0.400. The Morgan fingerprint density at radius 2 is 2.12 bits per heavy atom. The predicted octanol–water partition coefficient (Wildman–Crippen LogP) is 0.250. The lowest BCUT2D eigenvalue weighted by atomic mass is 10.2. The Morgan fingerprint density at radius 1 is 1.42 bits per heavy atom. The van der Waals surface area contributed by atoms with Gasteiger partial charge in [-0.25, -0.2) is 4.79 Å². The number of aromatic nitrogens is 2. The first-order valence-corrected chi connectivity index (χ1v) is 9.15. The number of nitrogens with one attached hydrogen (secondary N) is 2. The second kappa shape index (κ2) is 7.91. The van der Waals surface area contributed by atoms with Crippen LogP contribution in [0, 0.1) is 0 Å². The van der Waals surface area contributed by atoms with E-state index in [4.69, 9.17) is 5.73 Å². The average Bonchev–Trinajstić information content (AvgIpc) is 2.88. The topological polar surface area (TPSA) is 102 Å². The van der Waals surface area contributed by atoms with Crippen LogP contribution in [0.25, 0.3) is 0 Å². The zero-order valence-corrected chi connectivity index (χ0v) is 15.9. The number of hydrogen-bond acceptors (Lipinski definition) is 5. The van der Waals surface area contributed by atoms with Crippen molar-refractivity contribution < 1.29 is 9.69 Å². The molecule has 4 N–H and O–H groups in total. The number of rotatable bonds is 7. The molecule has 0 spiro atoms. The molecule has 9 heteroatoms. The molecule has 0 amide bonds. The number of aromatic amines is 1. The number of hydrogen-bond donors (Lipinski definition) is 3. The fourth-order valence-corrected chi connectivity index (χ4v) is 4.07. The first kappa shape index (κ1) is 18.6. The van der Waals surface area contributed by atoms with E-state index < -0.39 is 11.2 Å². The summed E-state index contributed by atoms with van der Waals surface area (Å²) in [5.74, 6) is -0.422. The van der Waals surface area contributed by atoms with Crippen molar-refractivity contribution in [3.8, 4) is 0 Å². The standard InChI is InChI=1S/C15H19BrN4O3S/c1-3-6-20-13(17)12(14(22)18-15(20)23)10(21)8-19(2)7-9-4-5-11(16)24-9/h4-5H,3,6-8,17H2,1-2H3,(H,18,22,23)/p+1.